The minimum atomic E-state index is -0.425. The molecule has 2 heterocycles. The van der Waals surface area contributed by atoms with E-state index >= 15 is 0 Å². The van der Waals surface area contributed by atoms with Crippen molar-refractivity contribution in [2.24, 2.45) is 4.99 Å². The number of nitro benzene ring substituents is 1. The number of hydrogen-bond acceptors (Lipinski definition) is 6. The molecule has 7 nitrogen and oxygen atoms in total. The summed E-state index contributed by atoms with van der Waals surface area (Å²) in [6.07, 6.45) is 5.40. The highest BCUT2D eigenvalue weighted by molar-refractivity contribution is 7.98. The molecule has 0 fully saturated rings. The highest BCUT2D eigenvalue weighted by atomic mass is 35.5. The fourth-order valence-corrected chi connectivity index (χ4v) is 4.34. The van der Waals surface area contributed by atoms with E-state index in [1.54, 1.807) is 30.2 Å². The van der Waals surface area contributed by atoms with E-state index in [0.29, 0.717) is 44.1 Å². The van der Waals surface area contributed by atoms with Crippen LogP contribution >= 0.6 is 23.4 Å². The van der Waals surface area contributed by atoms with Crippen molar-refractivity contribution in [1.82, 2.24) is 10.2 Å². The number of nitrogens with zero attached hydrogens (tertiary/aromatic N) is 3. The van der Waals surface area contributed by atoms with Crippen LogP contribution in [0.15, 0.2) is 76.9 Å². The summed E-state index contributed by atoms with van der Waals surface area (Å²) >= 11 is 8.20. The number of aromatic amines is 1. The Hall–Kier alpha value is -3.62. The van der Waals surface area contributed by atoms with Gasteiger partial charge in [0.2, 0.25) is 0 Å². The number of aliphatic imine (C=N–C) groups is 1. The molecule has 32 heavy (non-hydrogen) atoms. The molecule has 0 unspecified atom stereocenters. The third-order valence-corrected chi connectivity index (χ3v) is 6.34. The van der Waals surface area contributed by atoms with Gasteiger partial charge in [-0.25, -0.2) is 4.99 Å². The summed E-state index contributed by atoms with van der Waals surface area (Å²) < 4.78 is 0. The van der Waals surface area contributed by atoms with E-state index in [0.717, 1.165) is 10.5 Å². The molecule has 0 saturated heterocycles. The molecule has 1 aliphatic heterocycles. The lowest BCUT2D eigenvalue weighted by Gasteiger charge is -2.13. The van der Waals surface area contributed by atoms with Gasteiger partial charge in [0.1, 0.15) is 5.52 Å². The molecule has 0 aliphatic carbocycles. The lowest BCUT2D eigenvalue weighted by atomic mass is 9.97. The first-order chi connectivity index (χ1) is 15.6. The van der Waals surface area contributed by atoms with Crippen molar-refractivity contribution < 1.29 is 4.92 Å². The molecule has 0 radical (unpaired) electrons. The Morgan fingerprint density at radius 3 is 2.59 bits per heavy atom. The van der Waals surface area contributed by atoms with Crippen LogP contribution in [-0.4, -0.2) is 27.1 Å². The van der Waals surface area contributed by atoms with Gasteiger partial charge in [0.15, 0.2) is 0 Å². The number of fused-ring (bicyclic) bond motifs is 3. The van der Waals surface area contributed by atoms with E-state index in [-0.39, 0.29) is 5.69 Å². The summed E-state index contributed by atoms with van der Waals surface area (Å²) in [6.45, 7) is 0. The number of non-ortho nitro benzene ring substituents is 1. The summed E-state index contributed by atoms with van der Waals surface area (Å²) in [5.41, 5.74) is 4.34. The Morgan fingerprint density at radius 2 is 1.88 bits per heavy atom. The van der Waals surface area contributed by atoms with Gasteiger partial charge in [-0.15, -0.1) is 11.8 Å². The van der Waals surface area contributed by atoms with Gasteiger partial charge in [-0.2, -0.15) is 5.10 Å². The van der Waals surface area contributed by atoms with Crippen molar-refractivity contribution in [3.05, 3.63) is 98.8 Å². The van der Waals surface area contributed by atoms with Crippen LogP contribution < -0.4 is 5.32 Å². The van der Waals surface area contributed by atoms with Crippen LogP contribution in [0.5, 0.6) is 0 Å². The Bertz CT molecular complexity index is 1430. The van der Waals surface area contributed by atoms with Crippen LogP contribution in [0.4, 0.5) is 11.4 Å². The van der Waals surface area contributed by atoms with Gasteiger partial charge < -0.3 is 5.32 Å². The van der Waals surface area contributed by atoms with Crippen molar-refractivity contribution >= 4 is 57.0 Å². The van der Waals surface area contributed by atoms with E-state index in [1.807, 2.05) is 48.7 Å². The molecule has 0 amide bonds. The van der Waals surface area contributed by atoms with Gasteiger partial charge in [0, 0.05) is 38.9 Å². The number of H-pyrrole nitrogens is 1. The first-order valence-corrected chi connectivity index (χ1v) is 11.3. The van der Waals surface area contributed by atoms with Crippen LogP contribution in [0.3, 0.4) is 0 Å². The standard InChI is InChI=1S/C23H16ClN5O2S/c1-32-14-8-6-13(7-9-14)19-12-25-21-16(22(27-19)15-4-2-3-5-18(15)24)10-20(29(30)31)23-17(21)11-26-28-23/h2-12,25H,1H3,(H,26,28). The molecule has 158 valence electrons. The number of anilines is 1. The summed E-state index contributed by atoms with van der Waals surface area (Å²) in [4.78, 5) is 17.5. The average molecular weight is 462 g/mol. The smallest absolute Gasteiger partial charge is 0.295 e. The van der Waals surface area contributed by atoms with Crippen LogP contribution in [0.1, 0.15) is 16.7 Å². The van der Waals surface area contributed by atoms with Gasteiger partial charge in [-0.05, 0) is 24.5 Å². The number of nitrogens with one attached hydrogen (secondary N) is 2. The molecule has 9 heteroatoms. The van der Waals surface area contributed by atoms with E-state index < -0.39 is 4.92 Å². The van der Waals surface area contributed by atoms with Gasteiger partial charge in [-0.1, -0.05) is 41.9 Å². The molecule has 1 aromatic heterocycles. The largest absolute Gasteiger partial charge is 0.359 e. The molecule has 4 aromatic rings. The average Bonchev–Trinajstić information content (AvgIpc) is 3.22. The zero-order chi connectivity index (χ0) is 22.2. The van der Waals surface area contributed by atoms with Crippen LogP contribution in [0.25, 0.3) is 16.6 Å². The Balaban J connectivity index is 1.79. The van der Waals surface area contributed by atoms with Gasteiger partial charge in [0.25, 0.3) is 5.69 Å². The number of rotatable bonds is 4. The molecule has 1 aliphatic rings. The summed E-state index contributed by atoms with van der Waals surface area (Å²) in [7, 11) is 0. The third-order valence-electron chi connectivity index (χ3n) is 5.27. The molecular weight excluding hydrogens is 446 g/mol. The minimum Gasteiger partial charge on any atom is -0.359 e. The number of aromatic nitrogens is 2. The topological polar surface area (TPSA) is 96.2 Å². The predicted octanol–water partition coefficient (Wildman–Crippen LogP) is 6.11. The fourth-order valence-electron chi connectivity index (χ4n) is 3.71. The minimum absolute atomic E-state index is 0.0782. The molecule has 2 N–H and O–H groups in total. The zero-order valence-corrected chi connectivity index (χ0v) is 18.4. The van der Waals surface area contributed by atoms with E-state index in [1.165, 1.54) is 6.07 Å². The maximum absolute atomic E-state index is 11.8. The van der Waals surface area contributed by atoms with Crippen molar-refractivity contribution in [3.63, 3.8) is 0 Å². The lowest BCUT2D eigenvalue weighted by Crippen LogP contribution is -2.07. The highest BCUT2D eigenvalue weighted by Crippen LogP contribution is 2.38. The van der Waals surface area contributed by atoms with Crippen molar-refractivity contribution in [1.29, 1.82) is 0 Å². The monoisotopic (exact) mass is 461 g/mol. The first-order valence-electron chi connectivity index (χ1n) is 9.66. The molecular formula is C23H16ClN5O2S. The second-order valence-corrected chi connectivity index (χ2v) is 8.36. The summed E-state index contributed by atoms with van der Waals surface area (Å²) in [5.74, 6) is 0. The SMILES string of the molecule is CSc1ccc(C2=CNc3c(cc([N+](=O)[O-])c4[nH]ncc34)C(c3ccccc3Cl)=N2)cc1. The number of benzene rings is 3. The fraction of sp³-hybridized carbons (Fsp3) is 0.0435. The maximum Gasteiger partial charge on any atom is 0.295 e. The normalized spacial score (nSPS) is 13.1. The van der Waals surface area contributed by atoms with E-state index in [4.69, 9.17) is 16.6 Å². The van der Waals surface area contributed by atoms with Crippen LogP contribution in [0, 0.1) is 10.1 Å². The molecule has 0 atom stereocenters. The van der Waals surface area contributed by atoms with Crippen molar-refractivity contribution in [3.8, 4) is 0 Å². The second-order valence-electron chi connectivity index (χ2n) is 7.08. The summed E-state index contributed by atoms with van der Waals surface area (Å²) in [6, 6.07) is 16.9. The Morgan fingerprint density at radius 1 is 1.09 bits per heavy atom. The Kier molecular flexibility index (Phi) is 5.16. The number of hydrogen-bond donors (Lipinski definition) is 2. The van der Waals surface area contributed by atoms with Crippen LogP contribution in [-0.2, 0) is 0 Å². The number of halogens is 1. The second kappa shape index (κ2) is 8.14. The lowest BCUT2D eigenvalue weighted by molar-refractivity contribution is -0.383. The number of nitro groups is 1. The van der Waals surface area contributed by atoms with Gasteiger partial charge in [0.05, 0.1) is 33.6 Å². The highest BCUT2D eigenvalue weighted by Gasteiger charge is 2.26. The maximum atomic E-state index is 11.8. The molecule has 5 rings (SSSR count). The molecule has 0 bridgehead atoms. The van der Waals surface area contributed by atoms with E-state index in [9.17, 15) is 10.1 Å². The molecule has 0 spiro atoms. The first kappa shape index (κ1) is 20.3. The predicted molar refractivity (Wildman–Crippen MR) is 130 cm³/mol. The zero-order valence-electron chi connectivity index (χ0n) is 16.8. The number of thioether (sulfide) groups is 1. The molecule has 0 saturated carbocycles. The molecule has 3 aromatic carbocycles. The quantitative estimate of drug-likeness (QED) is 0.217. The Labute approximate surface area is 192 Å². The van der Waals surface area contributed by atoms with Crippen LogP contribution in [0.2, 0.25) is 5.02 Å². The van der Waals surface area contributed by atoms with Crippen molar-refractivity contribution in [2.75, 3.05) is 11.6 Å². The van der Waals surface area contributed by atoms with E-state index in [2.05, 4.69) is 15.5 Å². The van der Waals surface area contributed by atoms with Gasteiger partial charge >= 0.3 is 0 Å². The third kappa shape index (κ3) is 3.43. The van der Waals surface area contributed by atoms with Crippen molar-refractivity contribution in [2.45, 2.75) is 4.90 Å². The summed E-state index contributed by atoms with van der Waals surface area (Å²) in [5, 5.41) is 23.0. The van der Waals surface area contributed by atoms with Gasteiger partial charge in [-0.3, -0.25) is 15.2 Å².